The molecule has 5 heterocycles. The van der Waals surface area contributed by atoms with Crippen molar-refractivity contribution in [3.63, 3.8) is 0 Å². The van der Waals surface area contributed by atoms with Crippen LogP contribution in [0.2, 0.25) is 0 Å². The van der Waals surface area contributed by atoms with Crippen molar-refractivity contribution in [3.8, 4) is 135 Å². The smallest absolute Gasteiger partial charge is 0.196 e. The topological polar surface area (TPSA) is 91.6 Å². The van der Waals surface area contributed by atoms with Crippen LogP contribution in [0.4, 0.5) is 5.69 Å². The van der Waals surface area contributed by atoms with Gasteiger partial charge in [-0.25, -0.2) is 34.7 Å². The van der Waals surface area contributed by atoms with Crippen LogP contribution < -0.4 is 0 Å². The Morgan fingerprint density at radius 2 is 0.446 bits per heavy atom. The molecule has 0 fully saturated rings. The van der Waals surface area contributed by atoms with E-state index in [-0.39, 0.29) is 5.41 Å². The summed E-state index contributed by atoms with van der Waals surface area (Å²) >= 11 is 0. The highest BCUT2D eigenvalue weighted by molar-refractivity contribution is 6.15. The van der Waals surface area contributed by atoms with Gasteiger partial charge in [0.05, 0.1) is 67.1 Å². The van der Waals surface area contributed by atoms with Gasteiger partial charge in [0.25, 0.3) is 0 Å². The highest BCUT2D eigenvalue weighted by atomic mass is 15.1. The summed E-state index contributed by atoms with van der Waals surface area (Å²) in [6.07, 6.45) is 0. The third-order valence-electron chi connectivity index (χ3n) is 33.2. The number of para-hydroxylation sites is 7. The number of hydrogen-bond donors (Lipinski definition) is 0. The Bertz CT molecular complexity index is 10200. The summed E-state index contributed by atoms with van der Waals surface area (Å²) in [4.78, 5) is 36.2. The van der Waals surface area contributed by atoms with Gasteiger partial charge in [0.15, 0.2) is 23.2 Å². The lowest BCUT2D eigenvalue weighted by molar-refractivity contribution is 0.661. The monoisotopic (exact) mass is 1880 g/mol. The average Bonchev–Trinajstić information content (AvgIpc) is 1.53. The van der Waals surface area contributed by atoms with E-state index in [1.54, 1.807) is 0 Å². The van der Waals surface area contributed by atoms with Crippen molar-refractivity contribution in [2.24, 2.45) is 0 Å². The van der Waals surface area contributed by atoms with E-state index in [4.69, 9.17) is 36.5 Å². The van der Waals surface area contributed by atoms with Crippen molar-refractivity contribution in [1.82, 2.24) is 39.0 Å². The van der Waals surface area contributed by atoms with E-state index in [0.29, 0.717) is 11.5 Å². The van der Waals surface area contributed by atoms with Gasteiger partial charge < -0.3 is 0 Å². The Kier molecular flexibility index (Phi) is 17.7. The highest BCUT2D eigenvalue weighted by Gasteiger charge is 2.56. The van der Waals surface area contributed by atoms with Gasteiger partial charge >= 0.3 is 0 Å². The SMILES string of the molecule is CC1(C)c2ccccc2-c2cc3c4ccccc4n(-c4nc(-c5cccc6c5-c5ccccc5C65c6ccccc6-c6ccccc65)nc5ccccc45)c3cc21.[C-]#[N+]c1ccccc1-c1nc(-c2cccc3c2-c2ccccc2C32c3ccccc3-c3ccccc32)nc2ccccc12.c1ccc2c(c1)-c1ccccc1C21c2ccccc2-c2c(-c3nc(-n4c5ccccc5c5ccccc54)c4ccccc4n3)cccc21. The Morgan fingerprint density at radius 3 is 0.818 bits per heavy atom. The number of nitrogens with zero attached hydrogens (tertiary/aromatic N) is 9. The third kappa shape index (κ3) is 11.2. The minimum absolute atomic E-state index is 0.133. The predicted molar refractivity (Wildman–Crippen MR) is 602 cm³/mol. The van der Waals surface area contributed by atoms with Crippen LogP contribution in [0.5, 0.6) is 0 Å². The van der Waals surface area contributed by atoms with Crippen molar-refractivity contribution in [2.45, 2.75) is 35.5 Å². The summed E-state index contributed by atoms with van der Waals surface area (Å²) in [5, 5.41) is 7.86. The van der Waals surface area contributed by atoms with Crippen molar-refractivity contribution in [3.05, 3.63) is 569 Å². The van der Waals surface area contributed by atoms with E-state index in [1.807, 2.05) is 48.5 Å². The number of hydrogen-bond acceptors (Lipinski definition) is 6. The average molecular weight is 1880 g/mol. The van der Waals surface area contributed by atoms with Gasteiger partial charge in [-0.2, -0.15) is 0 Å². The molecule has 7 aliphatic rings. The predicted octanol–water partition coefficient (Wildman–Crippen LogP) is 33.6. The van der Waals surface area contributed by atoms with Crippen LogP contribution in [0.1, 0.15) is 91.7 Å². The number of rotatable bonds is 6. The number of benzene rings is 21. The second-order valence-electron chi connectivity index (χ2n) is 40.5. The van der Waals surface area contributed by atoms with Gasteiger partial charge in [0.2, 0.25) is 0 Å². The Hall–Kier alpha value is -19.3. The van der Waals surface area contributed by atoms with Crippen molar-refractivity contribution in [1.29, 1.82) is 0 Å². The molecule has 0 amide bonds. The molecule has 0 atom stereocenters. The lowest BCUT2D eigenvalue weighted by Gasteiger charge is -2.30. The second kappa shape index (κ2) is 31.4. The maximum Gasteiger partial charge on any atom is 0.196 e. The minimum atomic E-state index is -0.438. The largest absolute Gasteiger partial charge is 0.293 e. The lowest BCUT2D eigenvalue weighted by Crippen LogP contribution is -2.25. The summed E-state index contributed by atoms with van der Waals surface area (Å²) in [5.41, 5.74) is 47.2. The molecule has 9 heteroatoms. The van der Waals surface area contributed by atoms with Gasteiger partial charge in [-0.3, -0.25) is 9.13 Å². The molecule has 33 rings (SSSR count). The standard InChI is InChI=1S/C54H35N3.C45H27N3.C40H23N3/c1-53(2)41-23-9-3-18-34(41)39-30-40-35-19-8-14-29-48(35)57(49(40)31-46(39)53)52-37-21-7-13-28-47(37)55-51(56-52)38-22-15-27-45-50(38)36-20-6-12-26-44(36)54(45)42-24-10-4-16-32(42)33-17-5-11-25-43(33)54;1-7-21-35-28(14-1)29-15-2-8-22-36(29)45(35)37-23-9-3-18-32(37)42-34(20-13-24-38(42)45)43-46-39-25-10-4-19-33(39)44(47-43)48-40-26-11-5-16-30(40)31-17-6-12-27-41(31)48;1-41-35-23-10-5-16-28(35)38-29-17-6-11-24-36(29)42-39(43-38)30-18-12-22-34-37(30)27-15-4-9-21-33(27)40(34)31-19-7-2-13-25(31)26-14-3-8-20-32(26)40/h3-31H,1-2H3;1-27H;2-24H. The zero-order chi connectivity index (χ0) is 97.6. The molecule has 0 saturated heterocycles. The van der Waals surface area contributed by atoms with Gasteiger partial charge in [-0.05, 0) is 216 Å². The van der Waals surface area contributed by atoms with Crippen molar-refractivity contribution in [2.75, 3.05) is 0 Å². The quantitative estimate of drug-likeness (QED) is 0.154. The molecule has 26 aromatic rings. The number of aromatic nitrogens is 8. The summed E-state index contributed by atoms with van der Waals surface area (Å²) in [5.74, 6) is 3.91. The fourth-order valence-corrected chi connectivity index (χ4v) is 27.4. The molecular weight excluding hydrogens is 1800 g/mol. The first-order valence-electron chi connectivity index (χ1n) is 50.9. The van der Waals surface area contributed by atoms with Crippen LogP contribution in [-0.4, -0.2) is 39.0 Å². The molecule has 0 radical (unpaired) electrons. The Balaban J connectivity index is 0.000000101. The number of fused-ring (bicyclic) bond motifs is 42. The van der Waals surface area contributed by atoms with E-state index in [0.717, 1.165) is 106 Å². The van der Waals surface area contributed by atoms with Crippen molar-refractivity contribution < 1.29 is 0 Å². The molecule has 0 N–H and O–H groups in total. The molecule has 3 spiro atoms. The molecule has 21 aromatic carbocycles. The van der Waals surface area contributed by atoms with Crippen LogP contribution in [-0.2, 0) is 21.7 Å². The summed E-state index contributed by atoms with van der Waals surface area (Å²) < 4.78 is 4.72. The molecule has 5 aromatic heterocycles. The lowest BCUT2D eigenvalue weighted by atomic mass is 9.70. The van der Waals surface area contributed by atoms with Gasteiger partial charge in [-0.1, -0.05) is 432 Å². The van der Waals surface area contributed by atoms with Crippen LogP contribution in [0.25, 0.3) is 216 Å². The van der Waals surface area contributed by atoms with Gasteiger partial charge in [0.1, 0.15) is 11.6 Å². The maximum absolute atomic E-state index is 7.83. The molecule has 148 heavy (non-hydrogen) atoms. The van der Waals surface area contributed by atoms with Crippen molar-refractivity contribution >= 4 is 82.0 Å². The fourth-order valence-electron chi connectivity index (χ4n) is 27.4. The van der Waals surface area contributed by atoms with Crippen LogP contribution >= 0.6 is 0 Å². The highest BCUT2D eigenvalue weighted by Crippen LogP contribution is 2.69. The van der Waals surface area contributed by atoms with E-state index < -0.39 is 16.2 Å². The first kappa shape index (κ1) is 83.4. The van der Waals surface area contributed by atoms with E-state index in [2.05, 4.69) is 459 Å². The normalized spacial score (nSPS) is 14.0. The van der Waals surface area contributed by atoms with Gasteiger partial charge in [-0.15, -0.1) is 0 Å². The summed E-state index contributed by atoms with van der Waals surface area (Å²) in [6.45, 7) is 12.5. The fraction of sp³-hybridized carbons (Fsp3) is 0.0432. The molecule has 7 aliphatic carbocycles. The van der Waals surface area contributed by atoms with Crippen LogP contribution in [0, 0.1) is 6.57 Å². The maximum atomic E-state index is 7.83. The molecule has 0 unspecified atom stereocenters. The molecule has 0 bridgehead atoms. The second-order valence-corrected chi connectivity index (χ2v) is 40.5. The van der Waals surface area contributed by atoms with E-state index in [1.165, 1.54) is 177 Å². The summed E-state index contributed by atoms with van der Waals surface area (Å²) in [6, 6.07) is 173. The zero-order valence-corrected chi connectivity index (χ0v) is 80.6. The molecule has 686 valence electrons. The summed E-state index contributed by atoms with van der Waals surface area (Å²) in [7, 11) is 0. The third-order valence-corrected chi connectivity index (χ3v) is 33.2. The molecule has 9 nitrogen and oxygen atoms in total. The molecule has 0 aliphatic heterocycles. The Morgan fingerprint density at radius 1 is 0.189 bits per heavy atom. The first-order chi connectivity index (χ1) is 73.2. The molecular formula is C139H85N9. The van der Waals surface area contributed by atoms with Crippen LogP contribution in [0.3, 0.4) is 0 Å². The Labute approximate surface area is 854 Å². The zero-order valence-electron chi connectivity index (χ0n) is 80.6. The van der Waals surface area contributed by atoms with Gasteiger partial charge in [0, 0.05) is 65.4 Å². The minimum Gasteiger partial charge on any atom is -0.293 e. The first-order valence-corrected chi connectivity index (χ1v) is 50.9. The van der Waals surface area contributed by atoms with E-state index in [9.17, 15) is 0 Å². The van der Waals surface area contributed by atoms with E-state index >= 15 is 0 Å². The molecule has 0 saturated carbocycles. The van der Waals surface area contributed by atoms with Crippen LogP contribution in [0.15, 0.2) is 479 Å².